The molecule has 0 radical (unpaired) electrons. The summed E-state index contributed by atoms with van der Waals surface area (Å²) in [6.07, 6.45) is 4.36. The van der Waals surface area contributed by atoms with E-state index in [1.54, 1.807) is 0 Å². The van der Waals surface area contributed by atoms with Gasteiger partial charge in [0.15, 0.2) is 0 Å². The third-order valence-electron chi connectivity index (χ3n) is 3.50. The van der Waals surface area contributed by atoms with Crippen molar-refractivity contribution in [3.63, 3.8) is 0 Å². The van der Waals surface area contributed by atoms with Gasteiger partial charge in [0.25, 0.3) is 0 Å². The maximum absolute atomic E-state index is 5.77. The van der Waals surface area contributed by atoms with E-state index in [1.807, 2.05) is 36.0 Å². The van der Waals surface area contributed by atoms with Crippen molar-refractivity contribution in [1.29, 1.82) is 0 Å². The normalized spacial score (nSPS) is 12.4. The average molecular weight is 327 g/mol. The van der Waals surface area contributed by atoms with Crippen LogP contribution in [0.15, 0.2) is 24.3 Å². The number of benzene rings is 1. The zero-order valence-corrected chi connectivity index (χ0v) is 14.8. The van der Waals surface area contributed by atoms with Gasteiger partial charge in [-0.3, -0.25) is 0 Å². The van der Waals surface area contributed by atoms with Crippen molar-refractivity contribution in [2.24, 2.45) is 5.73 Å². The van der Waals surface area contributed by atoms with E-state index in [4.69, 9.17) is 22.7 Å². The predicted octanol–water partition coefficient (Wildman–Crippen LogP) is 3.16. The van der Waals surface area contributed by atoms with Crippen LogP contribution in [0.1, 0.15) is 25.3 Å². The Balaban J connectivity index is 2.33. The fourth-order valence-electron chi connectivity index (χ4n) is 2.17. The zero-order chi connectivity index (χ0) is 15.7. The van der Waals surface area contributed by atoms with Crippen LogP contribution in [0.3, 0.4) is 0 Å². The number of thioether (sulfide) groups is 1. The number of nitrogens with zero attached hydrogens (tertiary/aromatic N) is 1. The van der Waals surface area contributed by atoms with Crippen LogP contribution in [0.2, 0.25) is 0 Å². The van der Waals surface area contributed by atoms with Crippen molar-refractivity contribution < 1.29 is 4.74 Å². The highest BCUT2D eigenvalue weighted by Gasteiger charge is 2.11. The van der Waals surface area contributed by atoms with Crippen molar-refractivity contribution in [2.75, 3.05) is 32.2 Å². The number of rotatable bonds is 10. The van der Waals surface area contributed by atoms with E-state index in [-0.39, 0.29) is 0 Å². The number of hydrogen-bond acceptors (Lipinski definition) is 4. The Bertz CT molecular complexity index is 440. The van der Waals surface area contributed by atoms with E-state index in [9.17, 15) is 0 Å². The molecule has 1 unspecified atom stereocenters. The van der Waals surface area contributed by atoms with Crippen LogP contribution in [0.4, 0.5) is 0 Å². The Hall–Kier alpha value is -0.780. The average Bonchev–Trinajstić information content (AvgIpc) is 2.49. The van der Waals surface area contributed by atoms with Gasteiger partial charge in [0.1, 0.15) is 10.7 Å². The lowest BCUT2D eigenvalue weighted by molar-refractivity contribution is 0.223. The zero-order valence-electron chi connectivity index (χ0n) is 13.2. The van der Waals surface area contributed by atoms with Crippen LogP contribution in [-0.4, -0.2) is 48.1 Å². The number of nitrogens with two attached hydrogens (primary N) is 1. The predicted molar refractivity (Wildman–Crippen MR) is 97.5 cm³/mol. The molecule has 0 saturated heterocycles. The monoisotopic (exact) mass is 326 g/mol. The van der Waals surface area contributed by atoms with Crippen molar-refractivity contribution in [3.05, 3.63) is 29.8 Å². The van der Waals surface area contributed by atoms with Gasteiger partial charge in [0.05, 0.1) is 6.61 Å². The molecular formula is C16H26N2OS2. The second-order valence-corrected chi connectivity index (χ2v) is 6.44. The SMILES string of the molecule is CCC(CSC)N(C)CCCOc1cccc(C(N)=S)c1. The molecule has 1 atom stereocenters. The van der Waals surface area contributed by atoms with Crippen molar-refractivity contribution in [1.82, 2.24) is 4.90 Å². The van der Waals surface area contributed by atoms with Gasteiger partial charge in [-0.05, 0) is 38.3 Å². The number of ether oxygens (including phenoxy) is 1. The molecule has 0 aliphatic rings. The van der Waals surface area contributed by atoms with E-state index in [0.717, 1.165) is 24.3 Å². The van der Waals surface area contributed by atoms with Gasteiger partial charge < -0.3 is 15.4 Å². The van der Waals surface area contributed by atoms with Crippen molar-refractivity contribution >= 4 is 29.0 Å². The minimum atomic E-state index is 0.406. The third-order valence-corrected chi connectivity index (χ3v) is 4.45. The van der Waals surface area contributed by atoms with Gasteiger partial charge in [-0.2, -0.15) is 11.8 Å². The molecule has 1 aromatic carbocycles. The molecule has 0 spiro atoms. The van der Waals surface area contributed by atoms with Crippen LogP contribution < -0.4 is 10.5 Å². The van der Waals surface area contributed by atoms with Crippen molar-refractivity contribution in [3.8, 4) is 5.75 Å². The van der Waals surface area contributed by atoms with Gasteiger partial charge in [-0.1, -0.05) is 31.3 Å². The Morgan fingerprint density at radius 1 is 1.48 bits per heavy atom. The summed E-state index contributed by atoms with van der Waals surface area (Å²) >= 11 is 6.88. The molecule has 0 bridgehead atoms. The van der Waals surface area contributed by atoms with E-state index in [2.05, 4.69) is 25.1 Å². The fraction of sp³-hybridized carbons (Fsp3) is 0.562. The standard InChI is InChI=1S/C16H26N2OS2/c1-4-14(12-21-3)18(2)9-6-10-19-15-8-5-7-13(11-15)16(17)20/h5,7-8,11,14H,4,6,9-10,12H2,1-3H3,(H2,17,20). The molecule has 1 aromatic rings. The molecule has 0 aliphatic carbocycles. The fourth-order valence-corrected chi connectivity index (χ4v) is 3.18. The summed E-state index contributed by atoms with van der Waals surface area (Å²) in [4.78, 5) is 2.83. The highest BCUT2D eigenvalue weighted by Crippen LogP contribution is 2.14. The van der Waals surface area contributed by atoms with Crippen LogP contribution in [0.25, 0.3) is 0 Å². The lowest BCUT2D eigenvalue weighted by atomic mass is 10.2. The molecule has 0 amide bonds. The van der Waals surface area contributed by atoms with E-state index >= 15 is 0 Å². The van der Waals surface area contributed by atoms with E-state index in [1.165, 1.54) is 12.2 Å². The molecule has 0 fully saturated rings. The third kappa shape index (κ3) is 6.68. The summed E-state index contributed by atoms with van der Waals surface area (Å²) in [7, 11) is 2.19. The van der Waals surface area contributed by atoms with Gasteiger partial charge in [0.2, 0.25) is 0 Å². The van der Waals surface area contributed by atoms with Crippen LogP contribution >= 0.6 is 24.0 Å². The summed E-state index contributed by atoms with van der Waals surface area (Å²) < 4.78 is 5.77. The summed E-state index contributed by atoms with van der Waals surface area (Å²) in [5.74, 6) is 2.02. The molecule has 0 heterocycles. The molecule has 3 nitrogen and oxygen atoms in total. The minimum absolute atomic E-state index is 0.406. The van der Waals surface area contributed by atoms with Crippen LogP contribution in [0, 0.1) is 0 Å². The maximum Gasteiger partial charge on any atom is 0.119 e. The largest absolute Gasteiger partial charge is 0.494 e. The molecular weight excluding hydrogens is 300 g/mol. The Morgan fingerprint density at radius 3 is 2.86 bits per heavy atom. The molecule has 0 saturated carbocycles. The Kier molecular flexibility index (Phi) is 8.73. The topological polar surface area (TPSA) is 38.5 Å². The first-order valence-corrected chi connectivity index (χ1v) is 9.10. The number of thiocarbonyl (C=S) groups is 1. The first-order valence-electron chi connectivity index (χ1n) is 7.30. The lowest BCUT2D eigenvalue weighted by Gasteiger charge is -2.26. The smallest absolute Gasteiger partial charge is 0.119 e. The summed E-state index contributed by atoms with van der Waals surface area (Å²) in [6.45, 7) is 4.00. The Morgan fingerprint density at radius 2 is 2.24 bits per heavy atom. The number of hydrogen-bond donors (Lipinski definition) is 1. The quantitative estimate of drug-likeness (QED) is 0.528. The summed E-state index contributed by atoms with van der Waals surface area (Å²) in [5.41, 5.74) is 6.47. The molecule has 2 N–H and O–H groups in total. The van der Waals surface area contributed by atoms with Gasteiger partial charge in [-0.15, -0.1) is 0 Å². The molecule has 0 aromatic heterocycles. The maximum atomic E-state index is 5.77. The van der Waals surface area contributed by atoms with Gasteiger partial charge in [-0.25, -0.2) is 0 Å². The molecule has 21 heavy (non-hydrogen) atoms. The molecule has 5 heteroatoms. The minimum Gasteiger partial charge on any atom is -0.494 e. The molecule has 1 rings (SSSR count). The van der Waals surface area contributed by atoms with Gasteiger partial charge >= 0.3 is 0 Å². The van der Waals surface area contributed by atoms with Crippen molar-refractivity contribution in [2.45, 2.75) is 25.8 Å². The van der Waals surface area contributed by atoms with E-state index in [0.29, 0.717) is 17.6 Å². The first kappa shape index (κ1) is 18.3. The summed E-state index contributed by atoms with van der Waals surface area (Å²) in [6, 6.07) is 8.31. The first-order chi connectivity index (χ1) is 10.1. The Labute approximate surface area is 138 Å². The van der Waals surface area contributed by atoms with Gasteiger partial charge in [0, 0.05) is 23.9 Å². The highest BCUT2D eigenvalue weighted by atomic mass is 32.2. The van der Waals surface area contributed by atoms with Crippen LogP contribution in [-0.2, 0) is 0 Å². The second-order valence-electron chi connectivity index (χ2n) is 5.09. The lowest BCUT2D eigenvalue weighted by Crippen LogP contribution is -2.34. The summed E-state index contributed by atoms with van der Waals surface area (Å²) in [5, 5.41) is 0. The van der Waals surface area contributed by atoms with Crippen LogP contribution in [0.5, 0.6) is 5.75 Å². The molecule has 0 aliphatic heterocycles. The second kappa shape index (κ2) is 10.0. The highest BCUT2D eigenvalue weighted by molar-refractivity contribution is 7.98. The molecule has 118 valence electrons. The van der Waals surface area contributed by atoms with E-state index < -0.39 is 0 Å².